The summed E-state index contributed by atoms with van der Waals surface area (Å²) in [6.07, 6.45) is 0.909. The summed E-state index contributed by atoms with van der Waals surface area (Å²) in [6, 6.07) is 17.3. The predicted octanol–water partition coefficient (Wildman–Crippen LogP) is 3.73. The average molecular weight is 463 g/mol. The Bertz CT molecular complexity index is 1170. The lowest BCUT2D eigenvalue weighted by molar-refractivity contribution is 0.0448. The van der Waals surface area contributed by atoms with Crippen LogP contribution in [-0.2, 0) is 0 Å². The lowest BCUT2D eigenvalue weighted by Crippen LogP contribution is -2.46. The van der Waals surface area contributed by atoms with Gasteiger partial charge in [0, 0.05) is 29.6 Å². The molecule has 2 heterocycles. The molecule has 0 unspecified atom stereocenters. The number of ether oxygens (including phenoxy) is 1. The molecule has 176 valence electrons. The summed E-state index contributed by atoms with van der Waals surface area (Å²) in [4.78, 5) is 29.8. The molecule has 1 saturated heterocycles. The van der Waals surface area contributed by atoms with E-state index >= 15 is 0 Å². The van der Waals surface area contributed by atoms with E-state index in [0.29, 0.717) is 24.2 Å². The summed E-state index contributed by atoms with van der Waals surface area (Å²) in [6.45, 7) is 2.35. The van der Waals surface area contributed by atoms with Gasteiger partial charge < -0.3 is 14.7 Å². The maximum atomic E-state index is 13.7. The fraction of sp³-hybridized carbons (Fsp3) is 0.333. The molecule has 0 aliphatic carbocycles. The summed E-state index contributed by atoms with van der Waals surface area (Å²) in [7, 11) is 0. The molecule has 0 bridgehead atoms. The molecule has 5 rings (SSSR count). The normalized spacial score (nSPS) is 17.9. The molecular weight excluding hydrogens is 435 g/mol. The molecule has 0 radical (unpaired) electrons. The number of hydrogen-bond acceptors (Lipinski definition) is 5. The van der Waals surface area contributed by atoms with Crippen molar-refractivity contribution in [3.63, 3.8) is 0 Å². The first-order chi connectivity index (χ1) is 16.5. The van der Waals surface area contributed by atoms with E-state index in [9.17, 15) is 19.1 Å². The van der Waals surface area contributed by atoms with E-state index in [-0.39, 0.29) is 30.1 Å². The fourth-order valence-electron chi connectivity index (χ4n) is 4.95. The molecule has 3 aromatic carbocycles. The van der Waals surface area contributed by atoms with Crippen LogP contribution in [0, 0.1) is 11.7 Å². The topological polar surface area (TPSA) is 70.1 Å². The van der Waals surface area contributed by atoms with Gasteiger partial charge in [0.05, 0.1) is 0 Å². The maximum absolute atomic E-state index is 13.7. The number of carbonyl (C=O) groups excluding carboxylic acids is 2. The number of rotatable bonds is 7. The van der Waals surface area contributed by atoms with Crippen LogP contribution in [0.15, 0.2) is 60.7 Å². The van der Waals surface area contributed by atoms with Crippen molar-refractivity contribution in [3.8, 4) is 5.75 Å². The summed E-state index contributed by atoms with van der Waals surface area (Å²) < 4.78 is 19.1. The van der Waals surface area contributed by atoms with E-state index in [1.807, 2.05) is 24.3 Å². The summed E-state index contributed by atoms with van der Waals surface area (Å²) >= 11 is 0. The van der Waals surface area contributed by atoms with Crippen LogP contribution in [0.25, 0.3) is 10.8 Å². The van der Waals surface area contributed by atoms with Gasteiger partial charge in [0.1, 0.15) is 12.7 Å². The van der Waals surface area contributed by atoms with Gasteiger partial charge in [-0.1, -0.05) is 36.4 Å². The van der Waals surface area contributed by atoms with Gasteiger partial charge in [0.15, 0.2) is 11.6 Å². The zero-order valence-corrected chi connectivity index (χ0v) is 18.8. The van der Waals surface area contributed by atoms with Crippen LogP contribution in [-0.4, -0.2) is 65.6 Å². The summed E-state index contributed by atoms with van der Waals surface area (Å²) in [5.74, 6) is -0.556. The molecule has 6 nitrogen and oxygen atoms in total. The van der Waals surface area contributed by atoms with Crippen LogP contribution < -0.4 is 4.74 Å². The van der Waals surface area contributed by atoms with Crippen LogP contribution in [0.5, 0.6) is 5.75 Å². The fourth-order valence-corrected chi connectivity index (χ4v) is 4.95. The highest BCUT2D eigenvalue weighted by Crippen LogP contribution is 2.31. The van der Waals surface area contributed by atoms with E-state index in [2.05, 4.69) is 4.90 Å². The van der Waals surface area contributed by atoms with Crippen molar-refractivity contribution in [2.75, 3.05) is 32.8 Å². The first-order valence-electron chi connectivity index (χ1n) is 11.7. The van der Waals surface area contributed by atoms with Gasteiger partial charge in [-0.15, -0.1) is 0 Å². The Morgan fingerprint density at radius 2 is 1.59 bits per heavy atom. The van der Waals surface area contributed by atoms with Crippen molar-refractivity contribution < 1.29 is 23.8 Å². The molecule has 34 heavy (non-hydrogen) atoms. The number of β-amino-alcohol motifs (C(OH)–C–C–N with tert-alkyl or cyclic N) is 1. The molecule has 0 aromatic heterocycles. The van der Waals surface area contributed by atoms with Crippen molar-refractivity contribution in [1.29, 1.82) is 0 Å². The number of imide groups is 1. The highest BCUT2D eigenvalue weighted by Gasteiger charge is 2.34. The number of amides is 2. The number of nitrogens with zero attached hydrogens (tertiary/aromatic N) is 2. The van der Waals surface area contributed by atoms with Crippen molar-refractivity contribution in [1.82, 2.24) is 9.80 Å². The molecule has 1 N–H and O–H groups in total. The van der Waals surface area contributed by atoms with Gasteiger partial charge in [-0.25, -0.2) is 4.39 Å². The first kappa shape index (κ1) is 22.5. The predicted molar refractivity (Wildman–Crippen MR) is 126 cm³/mol. The van der Waals surface area contributed by atoms with Gasteiger partial charge in [0.25, 0.3) is 11.8 Å². The zero-order valence-electron chi connectivity index (χ0n) is 18.8. The van der Waals surface area contributed by atoms with E-state index in [4.69, 9.17) is 4.74 Å². The number of halogens is 1. The minimum Gasteiger partial charge on any atom is -0.488 e. The van der Waals surface area contributed by atoms with E-state index in [1.165, 1.54) is 17.0 Å². The molecule has 3 aromatic rings. The van der Waals surface area contributed by atoms with Crippen molar-refractivity contribution in [2.45, 2.75) is 18.9 Å². The molecule has 2 amide bonds. The molecule has 2 aliphatic rings. The Kier molecular flexibility index (Phi) is 6.30. The lowest BCUT2D eigenvalue weighted by atomic mass is 9.91. The summed E-state index contributed by atoms with van der Waals surface area (Å²) in [5, 5.41) is 12.0. The van der Waals surface area contributed by atoms with E-state index in [0.717, 1.165) is 36.7 Å². The van der Waals surface area contributed by atoms with Gasteiger partial charge in [0.2, 0.25) is 0 Å². The number of para-hydroxylation sites is 1. The molecular formula is C27H27FN2O4. The number of piperidine rings is 1. The Labute approximate surface area is 197 Å². The van der Waals surface area contributed by atoms with Crippen LogP contribution >= 0.6 is 0 Å². The van der Waals surface area contributed by atoms with E-state index in [1.54, 1.807) is 24.3 Å². The Morgan fingerprint density at radius 1 is 0.941 bits per heavy atom. The van der Waals surface area contributed by atoms with Gasteiger partial charge in [-0.2, -0.15) is 0 Å². The number of likely N-dealkylation sites (tertiary alicyclic amines) is 1. The monoisotopic (exact) mass is 462 g/mol. The standard InChI is InChI=1S/C27H27FN2O4/c28-23-9-1-2-10-24(23)34-17-20(31)16-29-13-11-18(12-14-29)15-30-26(32)21-7-3-5-19-6-4-8-22(25(19)21)27(30)33/h1-10,18,20,31H,11-17H2/t20-/m0/s1. The largest absolute Gasteiger partial charge is 0.488 e. The SMILES string of the molecule is O=C1c2cccc3cccc(c23)C(=O)N1CC1CCN(C[C@H](O)COc2ccccc2F)CC1. The van der Waals surface area contributed by atoms with E-state index < -0.39 is 11.9 Å². The first-order valence-corrected chi connectivity index (χ1v) is 11.7. The number of benzene rings is 3. The molecule has 0 saturated carbocycles. The Hall–Kier alpha value is -3.29. The quantitative estimate of drug-likeness (QED) is 0.542. The third kappa shape index (κ3) is 4.41. The van der Waals surface area contributed by atoms with Gasteiger partial charge in [-0.3, -0.25) is 14.5 Å². The second kappa shape index (κ2) is 9.52. The third-order valence-electron chi connectivity index (χ3n) is 6.74. The number of carbonyl (C=O) groups is 2. The smallest absolute Gasteiger partial charge is 0.261 e. The Balaban J connectivity index is 1.15. The Morgan fingerprint density at radius 3 is 2.24 bits per heavy atom. The van der Waals surface area contributed by atoms with Crippen LogP contribution in [0.3, 0.4) is 0 Å². The number of aliphatic hydroxyl groups is 1. The maximum Gasteiger partial charge on any atom is 0.261 e. The van der Waals surface area contributed by atoms with Crippen molar-refractivity contribution >= 4 is 22.6 Å². The van der Waals surface area contributed by atoms with Gasteiger partial charge in [-0.05, 0) is 61.5 Å². The molecule has 1 fully saturated rings. The lowest BCUT2D eigenvalue weighted by Gasteiger charge is -2.36. The zero-order chi connectivity index (χ0) is 23.7. The average Bonchev–Trinajstić information content (AvgIpc) is 2.85. The summed E-state index contributed by atoms with van der Waals surface area (Å²) in [5.41, 5.74) is 1.17. The van der Waals surface area contributed by atoms with Crippen LogP contribution in [0.2, 0.25) is 0 Å². The molecule has 1 atom stereocenters. The minimum absolute atomic E-state index is 0.0165. The van der Waals surface area contributed by atoms with Gasteiger partial charge >= 0.3 is 0 Å². The number of aliphatic hydroxyl groups excluding tert-OH is 1. The molecule has 2 aliphatic heterocycles. The highest BCUT2D eigenvalue weighted by atomic mass is 19.1. The molecule has 0 spiro atoms. The third-order valence-corrected chi connectivity index (χ3v) is 6.74. The second-order valence-electron chi connectivity index (χ2n) is 9.07. The van der Waals surface area contributed by atoms with Crippen molar-refractivity contribution in [2.24, 2.45) is 5.92 Å². The van der Waals surface area contributed by atoms with Crippen LogP contribution in [0.4, 0.5) is 4.39 Å². The second-order valence-corrected chi connectivity index (χ2v) is 9.07. The number of hydrogen-bond donors (Lipinski definition) is 1. The van der Waals surface area contributed by atoms with Crippen molar-refractivity contribution in [3.05, 3.63) is 77.6 Å². The highest BCUT2D eigenvalue weighted by molar-refractivity contribution is 6.25. The van der Waals surface area contributed by atoms with Crippen LogP contribution in [0.1, 0.15) is 33.6 Å². The molecule has 7 heteroatoms. The minimum atomic E-state index is -0.738.